The van der Waals surface area contributed by atoms with Crippen molar-refractivity contribution >= 4 is 11.2 Å². The molecule has 0 spiro atoms. The Kier molecular flexibility index (Phi) is 1.77. The van der Waals surface area contributed by atoms with Crippen LogP contribution in [0.2, 0.25) is 0 Å². The van der Waals surface area contributed by atoms with E-state index in [1.807, 2.05) is 11.5 Å². The number of H-pyrrole nitrogens is 1. The second kappa shape index (κ2) is 2.83. The van der Waals surface area contributed by atoms with Crippen LogP contribution >= 0.6 is 0 Å². The Labute approximate surface area is 79.3 Å². The Morgan fingerprint density at radius 1 is 1.64 bits per heavy atom. The van der Waals surface area contributed by atoms with Gasteiger partial charge >= 0.3 is 5.69 Å². The van der Waals surface area contributed by atoms with Crippen LogP contribution in [-0.2, 0) is 13.6 Å². The monoisotopic (exact) mass is 193 g/mol. The molecule has 2 heterocycles. The average molecular weight is 193 g/mol. The van der Waals surface area contributed by atoms with Gasteiger partial charge in [-0.05, 0) is 6.92 Å². The molecule has 0 unspecified atom stereocenters. The molecule has 0 fully saturated rings. The predicted molar refractivity (Wildman–Crippen MR) is 50.9 cm³/mol. The molecule has 0 bridgehead atoms. The number of imidazole rings is 1. The summed E-state index contributed by atoms with van der Waals surface area (Å²) in [4.78, 5) is 17.8. The molecule has 2 rings (SSSR count). The molecular formula is C8H11N5O. The molecule has 14 heavy (non-hydrogen) atoms. The summed E-state index contributed by atoms with van der Waals surface area (Å²) in [7, 11) is 1.67. The van der Waals surface area contributed by atoms with Crippen LogP contribution < -0.4 is 11.2 Å². The molecule has 0 aliphatic carbocycles. The Morgan fingerprint density at radius 3 is 3.00 bits per heavy atom. The molecule has 74 valence electrons. The van der Waals surface area contributed by atoms with E-state index < -0.39 is 0 Å². The van der Waals surface area contributed by atoms with Crippen molar-refractivity contribution in [2.24, 2.45) is 7.05 Å². The summed E-state index contributed by atoms with van der Waals surface area (Å²) < 4.78 is 3.31. The van der Waals surface area contributed by atoms with Crippen molar-refractivity contribution in [2.75, 3.05) is 0 Å². The third kappa shape index (κ3) is 1.00. The Morgan fingerprint density at radius 2 is 2.36 bits per heavy atom. The Balaban J connectivity index is 3.07. The lowest BCUT2D eigenvalue weighted by molar-refractivity contribution is 0.725. The summed E-state index contributed by atoms with van der Waals surface area (Å²) in [6.45, 7) is 2.68. The standard InChI is InChI=1S/C8H11N5O/c1-3-13-4-10-6(9)5-7(13)12(2)8(14)11-5/h4,9H,3H2,1-2H3,(H,11,14). The number of hydrogen-bond donors (Lipinski definition) is 2. The molecule has 0 atom stereocenters. The fourth-order valence-electron chi connectivity index (χ4n) is 1.49. The Hall–Kier alpha value is -1.85. The van der Waals surface area contributed by atoms with E-state index in [0.29, 0.717) is 11.2 Å². The molecule has 0 saturated heterocycles. The molecule has 6 heteroatoms. The highest BCUT2D eigenvalue weighted by atomic mass is 16.1. The highest BCUT2D eigenvalue weighted by Gasteiger charge is 2.07. The number of nitrogens with zero attached hydrogens (tertiary/aromatic N) is 3. The van der Waals surface area contributed by atoms with Gasteiger partial charge in [0, 0.05) is 13.6 Å². The minimum Gasteiger partial charge on any atom is -0.317 e. The van der Waals surface area contributed by atoms with Crippen LogP contribution in [0.25, 0.3) is 11.2 Å². The molecule has 0 radical (unpaired) electrons. The van der Waals surface area contributed by atoms with Gasteiger partial charge in [-0.3, -0.25) is 9.98 Å². The summed E-state index contributed by atoms with van der Waals surface area (Å²) in [6, 6.07) is 0. The molecular weight excluding hydrogens is 182 g/mol. The number of hydrogen-bond acceptors (Lipinski definition) is 3. The van der Waals surface area contributed by atoms with Crippen molar-refractivity contribution in [3.63, 3.8) is 0 Å². The first-order chi connectivity index (χ1) is 6.65. The van der Waals surface area contributed by atoms with Crippen molar-refractivity contribution in [1.82, 2.24) is 19.1 Å². The SMILES string of the molecule is CCn1cnc(=N)c2[nH]c(=O)n(C)c21. The lowest BCUT2D eigenvalue weighted by Gasteiger charge is -2.04. The van der Waals surface area contributed by atoms with E-state index in [1.54, 1.807) is 13.4 Å². The number of rotatable bonds is 1. The second-order valence-electron chi connectivity index (χ2n) is 3.07. The van der Waals surface area contributed by atoms with Crippen LogP contribution in [0.3, 0.4) is 0 Å². The summed E-state index contributed by atoms with van der Waals surface area (Å²) in [6.07, 6.45) is 1.57. The van der Waals surface area contributed by atoms with Gasteiger partial charge in [-0.15, -0.1) is 0 Å². The van der Waals surface area contributed by atoms with E-state index >= 15 is 0 Å². The molecule has 2 aromatic heterocycles. The number of nitrogens with one attached hydrogen (secondary N) is 2. The minimum absolute atomic E-state index is 0.0994. The van der Waals surface area contributed by atoms with Gasteiger partial charge in [0.15, 0.2) is 5.49 Å². The first-order valence-electron chi connectivity index (χ1n) is 4.34. The van der Waals surface area contributed by atoms with Gasteiger partial charge in [0.1, 0.15) is 11.2 Å². The van der Waals surface area contributed by atoms with Gasteiger partial charge in [0.05, 0.1) is 6.33 Å². The van der Waals surface area contributed by atoms with Crippen LogP contribution in [0, 0.1) is 5.41 Å². The van der Waals surface area contributed by atoms with Gasteiger partial charge in [-0.25, -0.2) is 9.78 Å². The molecule has 2 aromatic rings. The maximum atomic E-state index is 11.3. The van der Waals surface area contributed by atoms with Crippen molar-refractivity contribution in [2.45, 2.75) is 13.5 Å². The highest BCUT2D eigenvalue weighted by Crippen LogP contribution is 2.02. The first-order valence-corrected chi connectivity index (χ1v) is 4.34. The summed E-state index contributed by atoms with van der Waals surface area (Å²) >= 11 is 0. The van der Waals surface area contributed by atoms with Crippen molar-refractivity contribution < 1.29 is 0 Å². The fraction of sp³-hybridized carbons (Fsp3) is 0.375. The van der Waals surface area contributed by atoms with Crippen LogP contribution in [0.1, 0.15) is 6.92 Å². The zero-order valence-electron chi connectivity index (χ0n) is 8.03. The van der Waals surface area contributed by atoms with E-state index in [1.165, 1.54) is 4.57 Å². The largest absolute Gasteiger partial charge is 0.327 e. The number of aromatic amines is 1. The number of fused-ring (bicyclic) bond motifs is 1. The van der Waals surface area contributed by atoms with E-state index in [0.717, 1.165) is 6.54 Å². The van der Waals surface area contributed by atoms with Gasteiger partial charge in [0.2, 0.25) is 0 Å². The smallest absolute Gasteiger partial charge is 0.317 e. The molecule has 0 amide bonds. The Bertz CT molecular complexity index is 588. The van der Waals surface area contributed by atoms with Crippen LogP contribution in [0.4, 0.5) is 0 Å². The summed E-state index contributed by atoms with van der Waals surface area (Å²) in [5, 5.41) is 7.54. The quantitative estimate of drug-likeness (QED) is 0.644. The fourth-order valence-corrected chi connectivity index (χ4v) is 1.49. The van der Waals surface area contributed by atoms with E-state index in [-0.39, 0.29) is 11.2 Å². The van der Waals surface area contributed by atoms with Gasteiger partial charge in [-0.1, -0.05) is 0 Å². The number of aryl methyl sites for hydroxylation is 2. The molecule has 0 aliphatic rings. The highest BCUT2D eigenvalue weighted by molar-refractivity contribution is 5.69. The summed E-state index contributed by atoms with van der Waals surface area (Å²) in [5.74, 6) is 0. The van der Waals surface area contributed by atoms with Crippen molar-refractivity contribution in [3.8, 4) is 0 Å². The second-order valence-corrected chi connectivity index (χ2v) is 3.07. The molecule has 0 aliphatic heterocycles. The lowest BCUT2D eigenvalue weighted by Crippen LogP contribution is -2.15. The number of aromatic nitrogens is 4. The van der Waals surface area contributed by atoms with Gasteiger partial charge < -0.3 is 9.55 Å². The third-order valence-corrected chi connectivity index (χ3v) is 2.25. The normalized spacial score (nSPS) is 11.0. The predicted octanol–water partition coefficient (Wildman–Crippen LogP) is -0.438. The van der Waals surface area contributed by atoms with Gasteiger partial charge in [0.25, 0.3) is 0 Å². The minimum atomic E-state index is -0.219. The van der Waals surface area contributed by atoms with E-state index in [9.17, 15) is 4.79 Å². The van der Waals surface area contributed by atoms with E-state index in [2.05, 4.69) is 9.97 Å². The molecule has 0 saturated carbocycles. The van der Waals surface area contributed by atoms with Crippen molar-refractivity contribution in [3.05, 3.63) is 22.3 Å². The van der Waals surface area contributed by atoms with E-state index in [4.69, 9.17) is 5.41 Å². The van der Waals surface area contributed by atoms with Crippen molar-refractivity contribution in [1.29, 1.82) is 5.41 Å². The summed E-state index contributed by atoms with van der Waals surface area (Å²) in [5.41, 5.74) is 1.07. The van der Waals surface area contributed by atoms with Crippen LogP contribution in [0.15, 0.2) is 11.1 Å². The third-order valence-electron chi connectivity index (χ3n) is 2.25. The van der Waals surface area contributed by atoms with Gasteiger partial charge in [-0.2, -0.15) is 0 Å². The lowest BCUT2D eigenvalue weighted by atomic mass is 10.5. The zero-order chi connectivity index (χ0) is 10.3. The molecule has 2 N–H and O–H groups in total. The average Bonchev–Trinajstić information content (AvgIpc) is 2.47. The maximum Gasteiger partial charge on any atom is 0.327 e. The topological polar surface area (TPSA) is 79.5 Å². The zero-order valence-corrected chi connectivity index (χ0v) is 8.03. The molecule has 6 nitrogen and oxygen atoms in total. The molecule has 0 aromatic carbocycles. The first kappa shape index (κ1) is 8.74. The van der Waals surface area contributed by atoms with Crippen LogP contribution in [-0.4, -0.2) is 19.1 Å². The van der Waals surface area contributed by atoms with Crippen LogP contribution in [0.5, 0.6) is 0 Å². The maximum absolute atomic E-state index is 11.3.